The van der Waals surface area contributed by atoms with Crippen LogP contribution in [-0.4, -0.2) is 50.1 Å². The highest BCUT2D eigenvalue weighted by molar-refractivity contribution is 7.17. The zero-order chi connectivity index (χ0) is 22.3. The van der Waals surface area contributed by atoms with Gasteiger partial charge in [-0.2, -0.15) is 0 Å². The van der Waals surface area contributed by atoms with E-state index in [0.29, 0.717) is 6.61 Å². The van der Waals surface area contributed by atoms with Gasteiger partial charge in [0.25, 0.3) is 0 Å². The zero-order valence-electron chi connectivity index (χ0n) is 18.7. The van der Waals surface area contributed by atoms with Gasteiger partial charge in [0, 0.05) is 53.7 Å². The maximum absolute atomic E-state index is 11.6. The first-order valence-electron chi connectivity index (χ1n) is 11.2. The summed E-state index contributed by atoms with van der Waals surface area (Å²) in [5.41, 5.74) is 3.14. The normalized spacial score (nSPS) is 14.5. The maximum atomic E-state index is 11.6. The summed E-state index contributed by atoms with van der Waals surface area (Å²) < 4.78 is 7.28. The average Bonchev–Trinajstić information content (AvgIpc) is 3.30. The van der Waals surface area contributed by atoms with Crippen LogP contribution in [0.25, 0.3) is 10.1 Å². The Bertz CT molecular complexity index is 1070. The molecule has 6 heteroatoms. The van der Waals surface area contributed by atoms with E-state index in [2.05, 4.69) is 51.3 Å². The van der Waals surface area contributed by atoms with Crippen molar-refractivity contribution in [1.82, 2.24) is 4.90 Å². The number of benzene rings is 2. The van der Waals surface area contributed by atoms with E-state index in [0.717, 1.165) is 62.6 Å². The summed E-state index contributed by atoms with van der Waals surface area (Å²) in [7, 11) is 0. The lowest BCUT2D eigenvalue weighted by Crippen LogP contribution is -2.46. The molecule has 0 saturated carbocycles. The number of piperazine rings is 1. The number of unbranched alkanes of at least 4 members (excludes halogenated alkanes) is 1. The van der Waals surface area contributed by atoms with Crippen LogP contribution in [0, 0.1) is 6.92 Å². The van der Waals surface area contributed by atoms with Gasteiger partial charge < -0.3 is 15.0 Å². The molecule has 0 spiro atoms. The molecular weight excluding hydrogens is 418 g/mol. The molecule has 1 saturated heterocycles. The molecule has 5 nitrogen and oxygen atoms in total. The molecule has 2 aromatic carbocycles. The lowest BCUT2D eigenvalue weighted by molar-refractivity contribution is -0.111. The van der Waals surface area contributed by atoms with E-state index in [9.17, 15) is 4.79 Å². The van der Waals surface area contributed by atoms with Gasteiger partial charge in [-0.3, -0.25) is 9.69 Å². The van der Waals surface area contributed by atoms with E-state index in [4.69, 9.17) is 4.74 Å². The molecule has 0 bridgehead atoms. The molecule has 0 aliphatic carbocycles. The summed E-state index contributed by atoms with van der Waals surface area (Å²) in [6.45, 7) is 11.6. The second kappa shape index (κ2) is 10.7. The van der Waals surface area contributed by atoms with Crippen LogP contribution in [0.1, 0.15) is 18.4 Å². The van der Waals surface area contributed by atoms with Gasteiger partial charge in [0.2, 0.25) is 5.91 Å². The molecule has 1 fully saturated rings. The van der Waals surface area contributed by atoms with E-state index in [-0.39, 0.29) is 5.91 Å². The minimum absolute atomic E-state index is 0.211. The standard InChI is InChI=1S/C26H31N3O2S/c1-3-26(30)27-23-19-21(10-9-20(23)2)31-17-5-4-12-28-13-15-29(16-14-28)24-7-6-8-25-22(24)11-18-32-25/h3,6-11,18-19H,1,4-5,12-17H2,2H3,(H,27,30). The molecule has 1 N–H and O–H groups in total. The molecule has 32 heavy (non-hydrogen) atoms. The third-order valence-corrected chi connectivity index (χ3v) is 6.86. The zero-order valence-corrected chi connectivity index (χ0v) is 19.5. The minimum atomic E-state index is -0.211. The number of amides is 1. The molecule has 1 aliphatic rings. The number of fused-ring (bicyclic) bond motifs is 1. The fourth-order valence-corrected chi connectivity index (χ4v) is 4.91. The number of nitrogens with one attached hydrogen (secondary N) is 1. The van der Waals surface area contributed by atoms with Crippen molar-refractivity contribution in [2.75, 3.05) is 49.5 Å². The second-order valence-corrected chi connectivity index (χ2v) is 9.11. The third kappa shape index (κ3) is 5.50. The highest BCUT2D eigenvalue weighted by Crippen LogP contribution is 2.31. The van der Waals surface area contributed by atoms with Gasteiger partial charge in [-0.15, -0.1) is 11.3 Å². The van der Waals surface area contributed by atoms with Gasteiger partial charge in [-0.05, 0) is 67.6 Å². The van der Waals surface area contributed by atoms with Gasteiger partial charge in [-0.1, -0.05) is 18.7 Å². The number of rotatable bonds is 9. The summed E-state index contributed by atoms with van der Waals surface area (Å²) in [6, 6.07) is 14.7. The second-order valence-electron chi connectivity index (χ2n) is 8.16. The molecule has 1 amide bonds. The Morgan fingerprint density at radius 1 is 1.16 bits per heavy atom. The van der Waals surface area contributed by atoms with Crippen molar-refractivity contribution < 1.29 is 9.53 Å². The lowest BCUT2D eigenvalue weighted by atomic mass is 10.1. The maximum Gasteiger partial charge on any atom is 0.247 e. The van der Waals surface area contributed by atoms with Crippen LogP contribution in [0.5, 0.6) is 5.75 Å². The molecule has 0 radical (unpaired) electrons. The molecule has 0 atom stereocenters. The molecule has 4 rings (SSSR count). The van der Waals surface area contributed by atoms with Crippen molar-refractivity contribution in [2.45, 2.75) is 19.8 Å². The Balaban J connectivity index is 1.17. The molecule has 0 unspecified atom stereocenters. The van der Waals surface area contributed by atoms with E-state index < -0.39 is 0 Å². The number of anilines is 2. The first kappa shape index (κ1) is 22.4. The fraction of sp³-hybridized carbons (Fsp3) is 0.346. The minimum Gasteiger partial charge on any atom is -0.494 e. The Morgan fingerprint density at radius 3 is 2.81 bits per heavy atom. The Morgan fingerprint density at radius 2 is 2.00 bits per heavy atom. The van der Waals surface area contributed by atoms with Crippen LogP contribution in [0.2, 0.25) is 0 Å². The summed E-state index contributed by atoms with van der Waals surface area (Å²) in [5, 5.41) is 6.38. The van der Waals surface area contributed by atoms with Gasteiger partial charge >= 0.3 is 0 Å². The van der Waals surface area contributed by atoms with Gasteiger partial charge in [0.15, 0.2) is 0 Å². The van der Waals surface area contributed by atoms with Crippen molar-refractivity contribution in [1.29, 1.82) is 0 Å². The first-order valence-corrected chi connectivity index (χ1v) is 12.1. The van der Waals surface area contributed by atoms with Gasteiger partial charge in [0.05, 0.1) is 6.61 Å². The summed E-state index contributed by atoms with van der Waals surface area (Å²) in [6.07, 6.45) is 3.40. The van der Waals surface area contributed by atoms with E-state index >= 15 is 0 Å². The molecule has 1 aromatic heterocycles. The Kier molecular flexibility index (Phi) is 7.45. The number of carbonyl (C=O) groups is 1. The first-order chi connectivity index (χ1) is 15.6. The number of ether oxygens (including phenoxy) is 1. The van der Waals surface area contributed by atoms with E-state index in [1.165, 1.54) is 21.8 Å². The number of thiophene rings is 1. The summed E-state index contributed by atoms with van der Waals surface area (Å²) >= 11 is 1.81. The molecule has 1 aliphatic heterocycles. The summed E-state index contributed by atoms with van der Waals surface area (Å²) in [5.74, 6) is 0.573. The molecule has 3 aromatic rings. The number of carbonyl (C=O) groups excluding carboxylic acids is 1. The summed E-state index contributed by atoms with van der Waals surface area (Å²) in [4.78, 5) is 16.6. The van der Waals surface area contributed by atoms with E-state index in [1.807, 2.05) is 36.5 Å². The van der Waals surface area contributed by atoms with Gasteiger partial charge in [0.1, 0.15) is 5.75 Å². The van der Waals surface area contributed by atoms with Crippen LogP contribution >= 0.6 is 11.3 Å². The monoisotopic (exact) mass is 449 g/mol. The smallest absolute Gasteiger partial charge is 0.247 e. The number of hydrogen-bond acceptors (Lipinski definition) is 5. The highest BCUT2D eigenvalue weighted by Gasteiger charge is 2.18. The van der Waals surface area contributed by atoms with E-state index in [1.54, 1.807) is 0 Å². The lowest BCUT2D eigenvalue weighted by Gasteiger charge is -2.36. The predicted octanol–water partition coefficient (Wildman–Crippen LogP) is 5.32. The number of nitrogens with zero attached hydrogens (tertiary/aromatic N) is 2. The quantitative estimate of drug-likeness (QED) is 0.355. The van der Waals surface area contributed by atoms with Crippen molar-refractivity contribution in [3.05, 3.63) is 66.1 Å². The average molecular weight is 450 g/mol. The van der Waals surface area contributed by atoms with Crippen molar-refractivity contribution >= 4 is 38.7 Å². The van der Waals surface area contributed by atoms with Crippen molar-refractivity contribution in [3.8, 4) is 5.75 Å². The van der Waals surface area contributed by atoms with Crippen LogP contribution in [0.4, 0.5) is 11.4 Å². The highest BCUT2D eigenvalue weighted by atomic mass is 32.1. The Labute approximate surface area is 194 Å². The van der Waals surface area contributed by atoms with Gasteiger partial charge in [-0.25, -0.2) is 0 Å². The van der Waals surface area contributed by atoms with Crippen LogP contribution in [-0.2, 0) is 4.79 Å². The van der Waals surface area contributed by atoms with Crippen molar-refractivity contribution in [3.63, 3.8) is 0 Å². The van der Waals surface area contributed by atoms with Crippen LogP contribution in [0.15, 0.2) is 60.5 Å². The predicted molar refractivity (Wildman–Crippen MR) is 135 cm³/mol. The SMILES string of the molecule is C=CC(=O)Nc1cc(OCCCCN2CCN(c3cccc4sccc34)CC2)ccc1C. The molecule has 2 heterocycles. The fourth-order valence-electron chi connectivity index (χ4n) is 4.10. The molecule has 168 valence electrons. The topological polar surface area (TPSA) is 44.8 Å². The largest absolute Gasteiger partial charge is 0.494 e. The van der Waals surface area contributed by atoms with Crippen LogP contribution < -0.4 is 15.0 Å². The number of aryl methyl sites for hydroxylation is 1. The Hall–Kier alpha value is -2.83. The van der Waals surface area contributed by atoms with Crippen molar-refractivity contribution in [2.24, 2.45) is 0 Å². The number of hydrogen-bond donors (Lipinski definition) is 1. The molecular formula is C26H31N3O2S. The third-order valence-electron chi connectivity index (χ3n) is 5.98. The van der Waals surface area contributed by atoms with Crippen LogP contribution in [0.3, 0.4) is 0 Å².